The van der Waals surface area contributed by atoms with Gasteiger partial charge in [0, 0.05) is 5.56 Å². The first-order valence-corrected chi connectivity index (χ1v) is 9.75. The maximum Gasteiger partial charge on any atom is 0.174 e. The summed E-state index contributed by atoms with van der Waals surface area (Å²) in [5, 5.41) is 0. The van der Waals surface area contributed by atoms with Crippen molar-refractivity contribution in [2.75, 3.05) is 0 Å². The van der Waals surface area contributed by atoms with Gasteiger partial charge in [-0.15, -0.1) is 0 Å². The third-order valence-electron chi connectivity index (χ3n) is 6.17. The Morgan fingerprint density at radius 3 is 1.89 bits per heavy atom. The Labute approximate surface area is 164 Å². The molecule has 0 atom stereocenters. The van der Waals surface area contributed by atoms with Crippen molar-refractivity contribution in [3.8, 4) is 22.3 Å². The van der Waals surface area contributed by atoms with Gasteiger partial charge in [0.2, 0.25) is 0 Å². The molecule has 0 bridgehead atoms. The van der Waals surface area contributed by atoms with Gasteiger partial charge >= 0.3 is 0 Å². The van der Waals surface area contributed by atoms with Crippen LogP contribution < -0.4 is 0 Å². The number of fused-ring (bicyclic) bond motifs is 6. The second-order valence-corrected chi connectivity index (χ2v) is 7.68. The number of Topliss-reactive ketones (excluding diaryl/α,β-unsaturated/α-hetero) is 1. The van der Waals surface area contributed by atoms with Crippen molar-refractivity contribution >= 4 is 5.78 Å². The summed E-state index contributed by atoms with van der Waals surface area (Å²) in [5.74, 6) is -0.0228. The molecule has 28 heavy (non-hydrogen) atoms. The van der Waals surface area contributed by atoms with Crippen molar-refractivity contribution in [3.63, 3.8) is 0 Å². The van der Waals surface area contributed by atoms with Crippen molar-refractivity contribution in [1.82, 2.24) is 0 Å². The summed E-state index contributed by atoms with van der Waals surface area (Å²) in [6.45, 7) is 0. The van der Waals surface area contributed by atoms with Gasteiger partial charge in [-0.1, -0.05) is 84.9 Å². The molecule has 132 valence electrons. The predicted octanol–water partition coefficient (Wildman–Crippen LogP) is 6.25. The number of ketones is 1. The topological polar surface area (TPSA) is 17.1 Å². The third-order valence-corrected chi connectivity index (χ3v) is 6.17. The summed E-state index contributed by atoms with van der Waals surface area (Å²) in [4.78, 5) is 13.6. The molecule has 1 heteroatoms. The highest BCUT2D eigenvalue weighted by Gasteiger charge is 2.34. The molecule has 2 aliphatic carbocycles. The normalized spacial score (nSPS) is 13.6. The quantitative estimate of drug-likeness (QED) is 0.341. The van der Waals surface area contributed by atoms with Crippen LogP contribution in [0.1, 0.15) is 38.5 Å². The molecule has 2 aliphatic rings. The van der Waals surface area contributed by atoms with Gasteiger partial charge in [-0.05, 0) is 57.0 Å². The molecule has 0 unspecified atom stereocenters. The molecule has 0 aliphatic heterocycles. The van der Waals surface area contributed by atoms with E-state index in [1.807, 2.05) is 18.2 Å². The van der Waals surface area contributed by atoms with Crippen LogP contribution in [-0.2, 0) is 6.42 Å². The van der Waals surface area contributed by atoms with Gasteiger partial charge in [0.25, 0.3) is 0 Å². The minimum absolute atomic E-state index is 0.191. The van der Waals surface area contributed by atoms with Gasteiger partial charge in [0.15, 0.2) is 5.78 Å². The number of carbonyl (C=O) groups excluding carboxylic acids is 1. The zero-order chi connectivity index (χ0) is 18.7. The van der Waals surface area contributed by atoms with E-state index in [0.717, 1.165) is 23.1 Å². The van der Waals surface area contributed by atoms with E-state index in [1.54, 1.807) is 0 Å². The molecule has 0 fully saturated rings. The summed E-state index contributed by atoms with van der Waals surface area (Å²) in [6, 6.07) is 31.4. The molecule has 0 saturated carbocycles. The standard InChI is InChI=1S/C27H18O/c28-27(18-13-14-21-19(16-18)15-17-7-1-2-8-20(17)21)26-24-11-5-3-9-22(24)23-10-4-6-12-25(23)26/h1-14,16,26H,15H2. The third kappa shape index (κ3) is 2.10. The average molecular weight is 358 g/mol. The highest BCUT2D eigenvalue weighted by molar-refractivity contribution is 6.07. The van der Waals surface area contributed by atoms with Gasteiger partial charge in [-0.2, -0.15) is 0 Å². The molecular weight excluding hydrogens is 340 g/mol. The molecule has 0 spiro atoms. The van der Waals surface area contributed by atoms with Crippen molar-refractivity contribution in [2.24, 2.45) is 0 Å². The monoisotopic (exact) mass is 358 g/mol. The minimum Gasteiger partial charge on any atom is -0.293 e. The van der Waals surface area contributed by atoms with E-state index in [-0.39, 0.29) is 11.7 Å². The first-order chi connectivity index (χ1) is 13.8. The van der Waals surface area contributed by atoms with E-state index in [2.05, 4.69) is 72.8 Å². The van der Waals surface area contributed by atoms with Crippen LogP contribution in [0.3, 0.4) is 0 Å². The minimum atomic E-state index is -0.214. The van der Waals surface area contributed by atoms with E-state index >= 15 is 0 Å². The van der Waals surface area contributed by atoms with Gasteiger partial charge in [-0.3, -0.25) is 4.79 Å². The van der Waals surface area contributed by atoms with Crippen molar-refractivity contribution in [1.29, 1.82) is 0 Å². The molecule has 0 amide bonds. The molecule has 1 nitrogen and oxygen atoms in total. The number of carbonyl (C=O) groups is 1. The average Bonchev–Trinajstić information content (AvgIpc) is 3.28. The van der Waals surface area contributed by atoms with Crippen LogP contribution in [0.2, 0.25) is 0 Å². The highest BCUT2D eigenvalue weighted by Crippen LogP contribution is 2.46. The summed E-state index contributed by atoms with van der Waals surface area (Å²) in [5.41, 5.74) is 10.6. The Morgan fingerprint density at radius 2 is 1.18 bits per heavy atom. The molecule has 4 aromatic carbocycles. The van der Waals surface area contributed by atoms with Crippen LogP contribution in [0.25, 0.3) is 22.3 Å². The van der Waals surface area contributed by atoms with Crippen LogP contribution in [0.15, 0.2) is 91.0 Å². The predicted molar refractivity (Wildman–Crippen MR) is 113 cm³/mol. The van der Waals surface area contributed by atoms with Crippen LogP contribution in [0, 0.1) is 0 Å². The Morgan fingerprint density at radius 1 is 0.607 bits per heavy atom. The summed E-state index contributed by atoms with van der Waals surface area (Å²) < 4.78 is 0. The summed E-state index contributed by atoms with van der Waals surface area (Å²) in [6.07, 6.45) is 0.907. The van der Waals surface area contributed by atoms with Gasteiger partial charge in [0.1, 0.15) is 0 Å². The number of benzene rings is 4. The second-order valence-electron chi connectivity index (χ2n) is 7.68. The number of rotatable bonds is 2. The lowest BCUT2D eigenvalue weighted by molar-refractivity contribution is 0.0975. The molecular formula is C27H18O. The summed E-state index contributed by atoms with van der Waals surface area (Å²) in [7, 11) is 0. The molecule has 0 N–H and O–H groups in total. The zero-order valence-corrected chi connectivity index (χ0v) is 15.4. The van der Waals surface area contributed by atoms with E-state index in [1.165, 1.54) is 33.4 Å². The lowest BCUT2D eigenvalue weighted by Gasteiger charge is -2.13. The Bertz CT molecular complexity index is 1220. The zero-order valence-electron chi connectivity index (χ0n) is 15.4. The van der Waals surface area contributed by atoms with Gasteiger partial charge in [-0.25, -0.2) is 0 Å². The van der Waals surface area contributed by atoms with Gasteiger partial charge < -0.3 is 0 Å². The van der Waals surface area contributed by atoms with Gasteiger partial charge in [0.05, 0.1) is 5.92 Å². The Hall–Kier alpha value is -3.45. The van der Waals surface area contributed by atoms with E-state index in [4.69, 9.17) is 0 Å². The first-order valence-electron chi connectivity index (χ1n) is 9.75. The summed E-state index contributed by atoms with van der Waals surface area (Å²) >= 11 is 0. The van der Waals surface area contributed by atoms with Crippen molar-refractivity contribution in [3.05, 3.63) is 119 Å². The SMILES string of the molecule is O=C(c1ccc2c(c1)Cc1ccccc1-2)C1c2ccccc2-c2ccccc21. The highest BCUT2D eigenvalue weighted by atomic mass is 16.1. The Kier molecular flexibility index (Phi) is 3.21. The van der Waals surface area contributed by atoms with Crippen LogP contribution in [0.4, 0.5) is 0 Å². The fourth-order valence-electron chi connectivity index (χ4n) is 4.90. The second kappa shape index (κ2) is 5.77. The van der Waals surface area contributed by atoms with Crippen molar-refractivity contribution < 1.29 is 4.79 Å². The molecule has 4 aromatic rings. The molecule has 0 heterocycles. The van der Waals surface area contributed by atoms with Crippen LogP contribution in [0.5, 0.6) is 0 Å². The number of hydrogen-bond acceptors (Lipinski definition) is 1. The molecule has 0 aromatic heterocycles. The van der Waals surface area contributed by atoms with E-state index in [9.17, 15) is 4.79 Å². The maximum atomic E-state index is 13.6. The van der Waals surface area contributed by atoms with Crippen LogP contribution in [-0.4, -0.2) is 5.78 Å². The van der Waals surface area contributed by atoms with E-state index < -0.39 is 0 Å². The lowest BCUT2D eigenvalue weighted by Crippen LogP contribution is -2.12. The fourth-order valence-corrected chi connectivity index (χ4v) is 4.90. The van der Waals surface area contributed by atoms with E-state index in [0.29, 0.717) is 0 Å². The number of hydrogen-bond donors (Lipinski definition) is 0. The molecule has 0 saturated heterocycles. The maximum absolute atomic E-state index is 13.6. The van der Waals surface area contributed by atoms with Crippen LogP contribution >= 0.6 is 0 Å². The lowest BCUT2D eigenvalue weighted by atomic mass is 9.88. The largest absolute Gasteiger partial charge is 0.293 e. The molecule has 6 rings (SSSR count). The first kappa shape index (κ1) is 15.6. The fraction of sp³-hybridized carbons (Fsp3) is 0.0741. The smallest absolute Gasteiger partial charge is 0.174 e. The molecule has 0 radical (unpaired) electrons. The Balaban J connectivity index is 1.46. The van der Waals surface area contributed by atoms with Crippen molar-refractivity contribution in [2.45, 2.75) is 12.3 Å².